The van der Waals surface area contributed by atoms with Crippen LogP contribution in [0.25, 0.3) is 0 Å². The average molecular weight is 258 g/mol. The van der Waals surface area contributed by atoms with Crippen LogP contribution in [-0.2, 0) is 10.8 Å². The van der Waals surface area contributed by atoms with E-state index in [1.807, 2.05) is 13.8 Å². The van der Waals surface area contributed by atoms with Gasteiger partial charge in [0.25, 0.3) is 0 Å². The van der Waals surface area contributed by atoms with Gasteiger partial charge in [-0.2, -0.15) is 0 Å². The summed E-state index contributed by atoms with van der Waals surface area (Å²) in [6.07, 6.45) is 3.78. The first-order valence-electron chi connectivity index (χ1n) is 5.71. The Morgan fingerprint density at radius 1 is 1.53 bits per heavy atom. The number of aromatic nitrogens is 1. The first-order chi connectivity index (χ1) is 8.04. The van der Waals surface area contributed by atoms with Crippen LogP contribution in [0.3, 0.4) is 0 Å². The highest BCUT2D eigenvalue weighted by molar-refractivity contribution is 7.84. The Balaban J connectivity index is 2.60. The van der Waals surface area contributed by atoms with Gasteiger partial charge in [0.15, 0.2) is 0 Å². The van der Waals surface area contributed by atoms with Gasteiger partial charge in [-0.3, -0.25) is 9.19 Å². The van der Waals surface area contributed by atoms with E-state index in [1.165, 1.54) is 12.3 Å². The fourth-order valence-corrected chi connectivity index (χ4v) is 1.81. The van der Waals surface area contributed by atoms with Gasteiger partial charge >= 0.3 is 0 Å². The molecule has 1 rings (SSSR count). The Morgan fingerprint density at radius 3 is 2.71 bits per heavy atom. The van der Waals surface area contributed by atoms with Crippen molar-refractivity contribution in [3.8, 4) is 0 Å². The van der Waals surface area contributed by atoms with Crippen molar-refractivity contribution in [2.24, 2.45) is 0 Å². The summed E-state index contributed by atoms with van der Waals surface area (Å²) in [5.74, 6) is -0.327. The molecule has 0 aliphatic rings. The predicted molar refractivity (Wildman–Crippen MR) is 68.8 cm³/mol. The highest BCUT2D eigenvalue weighted by Crippen LogP contribution is 2.14. The molecule has 0 saturated carbocycles. The summed E-state index contributed by atoms with van der Waals surface area (Å²) < 4.78 is 24.0. The van der Waals surface area contributed by atoms with E-state index in [2.05, 4.69) is 10.3 Å². The van der Waals surface area contributed by atoms with Crippen molar-refractivity contribution >= 4 is 10.8 Å². The quantitative estimate of drug-likeness (QED) is 0.849. The lowest BCUT2D eigenvalue weighted by atomic mass is 10.1. The fraction of sp³-hybridized carbons (Fsp3) is 0.583. The minimum absolute atomic E-state index is 0.0848. The molecule has 0 aromatic carbocycles. The van der Waals surface area contributed by atoms with Crippen LogP contribution in [0, 0.1) is 5.82 Å². The Hall–Kier alpha value is -0.810. The van der Waals surface area contributed by atoms with Crippen molar-refractivity contribution in [3.05, 3.63) is 29.8 Å². The molecular formula is C12H19FN2OS. The maximum Gasteiger partial charge on any atom is 0.141 e. The molecule has 0 amide bonds. The molecule has 0 spiro atoms. The second kappa shape index (κ2) is 6.81. The van der Waals surface area contributed by atoms with Crippen molar-refractivity contribution in [2.45, 2.75) is 31.6 Å². The van der Waals surface area contributed by atoms with Gasteiger partial charge in [-0.1, -0.05) is 6.92 Å². The van der Waals surface area contributed by atoms with Crippen molar-refractivity contribution in [1.29, 1.82) is 0 Å². The van der Waals surface area contributed by atoms with Crippen LogP contribution in [0.15, 0.2) is 18.3 Å². The molecule has 1 aromatic rings. The van der Waals surface area contributed by atoms with Crippen LogP contribution in [0.1, 0.15) is 32.0 Å². The van der Waals surface area contributed by atoms with Gasteiger partial charge in [-0.15, -0.1) is 0 Å². The summed E-state index contributed by atoms with van der Waals surface area (Å²) >= 11 is 0. The first-order valence-corrected chi connectivity index (χ1v) is 7.33. The monoisotopic (exact) mass is 258 g/mol. The van der Waals surface area contributed by atoms with E-state index in [4.69, 9.17) is 0 Å². The lowest BCUT2D eigenvalue weighted by Gasteiger charge is -2.18. The third kappa shape index (κ3) is 4.52. The molecule has 0 radical (unpaired) electrons. The van der Waals surface area contributed by atoms with Crippen molar-refractivity contribution in [2.75, 3.05) is 12.8 Å². The van der Waals surface area contributed by atoms with Crippen molar-refractivity contribution in [3.63, 3.8) is 0 Å². The number of hydrogen-bond acceptors (Lipinski definition) is 3. The van der Waals surface area contributed by atoms with Crippen molar-refractivity contribution in [1.82, 2.24) is 10.3 Å². The second-order valence-corrected chi connectivity index (χ2v) is 5.88. The Kier molecular flexibility index (Phi) is 5.71. The van der Waals surface area contributed by atoms with E-state index in [-0.39, 0.29) is 17.1 Å². The number of nitrogens with zero attached hydrogens (tertiary/aromatic N) is 1. The third-order valence-corrected chi connectivity index (χ3v) is 4.03. The molecular weight excluding hydrogens is 239 g/mol. The van der Waals surface area contributed by atoms with E-state index in [9.17, 15) is 8.60 Å². The van der Waals surface area contributed by atoms with Crippen LogP contribution in [0.2, 0.25) is 0 Å². The molecule has 0 aliphatic heterocycles. The molecule has 96 valence electrons. The smallest absolute Gasteiger partial charge is 0.141 e. The molecule has 0 fully saturated rings. The largest absolute Gasteiger partial charge is 0.307 e. The van der Waals surface area contributed by atoms with Gasteiger partial charge in [0, 0.05) is 34.9 Å². The molecule has 5 heteroatoms. The summed E-state index contributed by atoms with van der Waals surface area (Å²) in [4.78, 5) is 4.06. The van der Waals surface area contributed by atoms with Crippen LogP contribution in [0.5, 0.6) is 0 Å². The molecule has 0 aliphatic carbocycles. The van der Waals surface area contributed by atoms with Gasteiger partial charge in [-0.25, -0.2) is 4.39 Å². The number of halogens is 1. The molecule has 1 N–H and O–H groups in total. The average Bonchev–Trinajstić information content (AvgIpc) is 2.31. The summed E-state index contributed by atoms with van der Waals surface area (Å²) in [6.45, 7) is 4.64. The van der Waals surface area contributed by atoms with E-state index in [0.717, 1.165) is 12.1 Å². The van der Waals surface area contributed by atoms with E-state index < -0.39 is 10.8 Å². The van der Waals surface area contributed by atoms with Gasteiger partial charge < -0.3 is 5.32 Å². The zero-order chi connectivity index (χ0) is 12.8. The fourth-order valence-electron chi connectivity index (χ4n) is 1.48. The zero-order valence-corrected chi connectivity index (χ0v) is 11.3. The maximum absolute atomic E-state index is 12.8. The molecule has 0 saturated heterocycles. The molecule has 17 heavy (non-hydrogen) atoms. The number of rotatable bonds is 6. The number of hydrogen-bond donors (Lipinski definition) is 1. The van der Waals surface area contributed by atoms with Gasteiger partial charge in [-0.05, 0) is 25.5 Å². The minimum atomic E-state index is -0.832. The zero-order valence-electron chi connectivity index (χ0n) is 10.4. The third-order valence-electron chi connectivity index (χ3n) is 2.73. The summed E-state index contributed by atoms with van der Waals surface area (Å²) in [5, 5.41) is 3.41. The predicted octanol–water partition coefficient (Wildman–Crippen LogP) is 2.03. The summed E-state index contributed by atoms with van der Waals surface area (Å²) in [5.41, 5.74) is 0.822. The summed E-state index contributed by atoms with van der Waals surface area (Å²) in [6, 6.07) is 3.18. The topological polar surface area (TPSA) is 42.0 Å². The molecule has 1 aromatic heterocycles. The summed E-state index contributed by atoms with van der Waals surface area (Å²) in [7, 11) is -0.832. The number of nitrogens with one attached hydrogen (secondary N) is 1. The van der Waals surface area contributed by atoms with Crippen molar-refractivity contribution < 1.29 is 8.60 Å². The first kappa shape index (κ1) is 14.3. The van der Waals surface area contributed by atoms with E-state index in [1.54, 1.807) is 12.3 Å². The van der Waals surface area contributed by atoms with Gasteiger partial charge in [0.2, 0.25) is 0 Å². The molecule has 0 bridgehead atoms. The SMILES string of the molecule is CCC(NCC(C)S(C)=O)c1ccc(F)cn1. The van der Waals surface area contributed by atoms with Gasteiger partial charge in [0.1, 0.15) is 5.82 Å². The number of pyridine rings is 1. The van der Waals surface area contributed by atoms with Crippen LogP contribution < -0.4 is 5.32 Å². The highest BCUT2D eigenvalue weighted by atomic mass is 32.2. The Morgan fingerprint density at radius 2 is 2.24 bits per heavy atom. The highest BCUT2D eigenvalue weighted by Gasteiger charge is 2.13. The Bertz CT molecular complexity index is 369. The van der Waals surface area contributed by atoms with Crippen LogP contribution in [-0.4, -0.2) is 27.2 Å². The molecule has 1 heterocycles. The van der Waals surface area contributed by atoms with Crippen LogP contribution >= 0.6 is 0 Å². The molecule has 3 nitrogen and oxygen atoms in total. The lowest BCUT2D eigenvalue weighted by Crippen LogP contribution is -2.31. The molecule has 3 atom stereocenters. The Labute approximate surface area is 104 Å². The van der Waals surface area contributed by atoms with E-state index >= 15 is 0 Å². The maximum atomic E-state index is 12.8. The van der Waals surface area contributed by atoms with Gasteiger partial charge in [0.05, 0.1) is 11.9 Å². The standard InChI is InChI=1S/C12H19FN2OS/c1-4-11(14-7-9(2)17(3)16)12-6-5-10(13)8-15-12/h5-6,8-9,11,14H,4,7H2,1-3H3. The molecule has 3 unspecified atom stereocenters. The van der Waals surface area contributed by atoms with Crippen LogP contribution in [0.4, 0.5) is 4.39 Å². The second-order valence-electron chi connectivity index (χ2n) is 4.08. The minimum Gasteiger partial charge on any atom is -0.307 e. The normalized spacial score (nSPS) is 16.5. The lowest BCUT2D eigenvalue weighted by molar-refractivity contribution is 0.504. The van der Waals surface area contributed by atoms with E-state index in [0.29, 0.717) is 6.54 Å².